The summed E-state index contributed by atoms with van der Waals surface area (Å²) in [5.41, 5.74) is 5.90. The Kier molecular flexibility index (Phi) is 24.9. The van der Waals surface area contributed by atoms with Crippen LogP contribution in [0.3, 0.4) is 0 Å². The first-order chi connectivity index (χ1) is 46.1. The molecule has 2 saturated heterocycles. The molecule has 0 bridgehead atoms. The normalized spacial score (nSPS) is 20.9. The molecule has 2 aliphatic heterocycles. The largest absolute Gasteiger partial charge is 0.493 e. The van der Waals surface area contributed by atoms with E-state index in [1.807, 2.05) is 84.9 Å². The van der Waals surface area contributed by atoms with Crippen LogP contribution >= 0.6 is 0 Å². The predicted octanol–water partition coefficient (Wildman–Crippen LogP) is 10.7. The third-order valence-electron chi connectivity index (χ3n) is 20.8. The van der Waals surface area contributed by atoms with Crippen LogP contribution in [0.15, 0.2) is 97.1 Å². The van der Waals surface area contributed by atoms with Gasteiger partial charge in [0.2, 0.25) is 35.4 Å². The number of hydrogen-bond donors (Lipinski definition) is 4. The van der Waals surface area contributed by atoms with Crippen molar-refractivity contribution in [3.8, 4) is 11.5 Å². The Morgan fingerprint density at radius 1 is 0.463 bits per heavy atom. The van der Waals surface area contributed by atoms with Gasteiger partial charge >= 0.3 is 12.2 Å². The maximum absolute atomic E-state index is 14.7. The number of benzene rings is 4. The van der Waals surface area contributed by atoms with Crippen LogP contribution < -0.4 is 30.7 Å². The minimum Gasteiger partial charge on any atom is -0.493 e. The van der Waals surface area contributed by atoms with Gasteiger partial charge in [-0.25, -0.2) is 9.59 Å². The molecule has 0 unspecified atom stereocenters. The van der Waals surface area contributed by atoms with Crippen molar-refractivity contribution in [1.29, 1.82) is 0 Å². The van der Waals surface area contributed by atoms with Crippen molar-refractivity contribution in [3.63, 3.8) is 0 Å². The lowest BCUT2D eigenvalue weighted by atomic mass is 9.83. The second-order valence-corrected chi connectivity index (χ2v) is 27.1. The molecule has 10 rings (SSSR count). The lowest BCUT2D eigenvalue weighted by molar-refractivity contribution is -0.143. The molecular formula is C75H100N8O12. The number of fused-ring (bicyclic) bond motifs is 2. The number of carbonyl (C=O) groups excluding carboxylic acids is 8. The van der Waals surface area contributed by atoms with E-state index in [2.05, 4.69) is 33.4 Å². The van der Waals surface area contributed by atoms with Crippen LogP contribution in [-0.2, 0) is 64.3 Å². The highest BCUT2D eigenvalue weighted by molar-refractivity contribution is 5.96. The van der Waals surface area contributed by atoms with Gasteiger partial charge in [-0.2, -0.15) is 0 Å². The van der Waals surface area contributed by atoms with Gasteiger partial charge in [0.25, 0.3) is 0 Å². The Morgan fingerprint density at radius 3 is 1.26 bits per heavy atom. The highest BCUT2D eigenvalue weighted by Crippen LogP contribution is 2.39. The first-order valence-electron chi connectivity index (χ1n) is 35.3. The highest BCUT2D eigenvalue weighted by Gasteiger charge is 2.45. The van der Waals surface area contributed by atoms with E-state index < -0.39 is 60.3 Å². The zero-order valence-corrected chi connectivity index (χ0v) is 56.2. The predicted molar refractivity (Wildman–Crippen MR) is 360 cm³/mol. The van der Waals surface area contributed by atoms with E-state index >= 15 is 0 Å². The number of amides is 8. The molecule has 4 aromatic carbocycles. The fourth-order valence-electron chi connectivity index (χ4n) is 15.0. The molecule has 2 saturated carbocycles. The molecule has 20 nitrogen and oxygen atoms in total. The molecule has 95 heavy (non-hydrogen) atoms. The maximum Gasteiger partial charge on any atom is 0.410 e. The second kappa shape index (κ2) is 34.0. The molecule has 4 N–H and O–H groups in total. The Bertz CT molecular complexity index is 3050. The number of rotatable bonds is 26. The molecule has 0 aromatic heterocycles. The van der Waals surface area contributed by atoms with E-state index in [9.17, 15) is 38.4 Å². The molecule has 4 aromatic rings. The molecule has 4 aliphatic carbocycles. The molecule has 2 heterocycles. The number of likely N-dealkylation sites (tertiary alicyclic amines) is 2. The Balaban J connectivity index is 0.679. The van der Waals surface area contributed by atoms with E-state index in [0.717, 1.165) is 167 Å². The summed E-state index contributed by atoms with van der Waals surface area (Å²) < 4.78 is 24.0. The number of hydrogen-bond acceptors (Lipinski definition) is 12. The van der Waals surface area contributed by atoms with Gasteiger partial charge in [-0.3, -0.25) is 38.6 Å². The van der Waals surface area contributed by atoms with Crippen LogP contribution in [0, 0.1) is 11.8 Å². The van der Waals surface area contributed by atoms with Crippen LogP contribution in [0.1, 0.15) is 194 Å². The summed E-state index contributed by atoms with van der Waals surface area (Å²) in [6, 6.07) is 25.4. The molecule has 8 amide bonds. The monoisotopic (exact) mass is 1300 g/mol. The van der Waals surface area contributed by atoms with Gasteiger partial charge in [-0.1, -0.05) is 123 Å². The van der Waals surface area contributed by atoms with Gasteiger partial charge in [0, 0.05) is 27.2 Å². The molecule has 0 spiro atoms. The van der Waals surface area contributed by atoms with Crippen LogP contribution in [0.5, 0.6) is 11.5 Å². The van der Waals surface area contributed by atoms with E-state index in [1.54, 1.807) is 23.6 Å². The zero-order valence-electron chi connectivity index (χ0n) is 56.2. The quantitative estimate of drug-likeness (QED) is 0.0430. The lowest BCUT2D eigenvalue weighted by Gasteiger charge is -2.36. The first kappa shape index (κ1) is 69.7. The van der Waals surface area contributed by atoms with Gasteiger partial charge in [0.15, 0.2) is 0 Å². The number of unbranched alkanes of at least 4 members (excludes halogenated alkanes) is 2. The maximum atomic E-state index is 14.7. The number of ether oxygens (including phenoxy) is 4. The number of nitrogens with one attached hydrogen (secondary N) is 4. The number of carbonyl (C=O) groups is 8. The van der Waals surface area contributed by atoms with Crippen LogP contribution in [-0.4, -0.2) is 144 Å². The van der Waals surface area contributed by atoms with Crippen molar-refractivity contribution in [2.45, 2.75) is 223 Å². The Hall–Kier alpha value is -8.16. The first-order valence-corrected chi connectivity index (χ1v) is 35.3. The summed E-state index contributed by atoms with van der Waals surface area (Å²) in [6.45, 7) is 5.26. The Morgan fingerprint density at radius 2 is 0.863 bits per heavy atom. The number of nitrogens with zero attached hydrogens (tertiary/aromatic N) is 4. The van der Waals surface area contributed by atoms with Crippen LogP contribution in [0.4, 0.5) is 9.59 Å². The van der Waals surface area contributed by atoms with Crippen molar-refractivity contribution in [2.24, 2.45) is 11.8 Å². The summed E-state index contributed by atoms with van der Waals surface area (Å²) in [4.78, 5) is 118. The van der Waals surface area contributed by atoms with Crippen molar-refractivity contribution in [1.82, 2.24) is 40.9 Å². The number of likely N-dealkylation sites (N-methyl/N-ethyl adjacent to an activating group) is 2. The molecule has 8 atom stereocenters. The molecule has 4 fully saturated rings. The second-order valence-electron chi connectivity index (χ2n) is 27.1. The van der Waals surface area contributed by atoms with E-state index in [-0.39, 0.29) is 60.8 Å². The highest BCUT2D eigenvalue weighted by atomic mass is 16.6. The van der Waals surface area contributed by atoms with Gasteiger partial charge in [0.1, 0.15) is 61.0 Å². The average molecular weight is 1310 g/mol. The third kappa shape index (κ3) is 17.9. The van der Waals surface area contributed by atoms with E-state index in [4.69, 9.17) is 18.9 Å². The molecule has 20 heteroatoms. The van der Waals surface area contributed by atoms with Gasteiger partial charge in [0.05, 0.1) is 25.3 Å². The minimum atomic E-state index is -0.907. The molecule has 512 valence electrons. The van der Waals surface area contributed by atoms with Crippen LogP contribution in [0.2, 0.25) is 0 Å². The summed E-state index contributed by atoms with van der Waals surface area (Å²) in [5, 5.41) is 12.8. The van der Waals surface area contributed by atoms with E-state index in [1.165, 1.54) is 23.9 Å². The van der Waals surface area contributed by atoms with Gasteiger partial charge in [-0.05, 0) is 180 Å². The van der Waals surface area contributed by atoms with Crippen molar-refractivity contribution < 1.29 is 57.3 Å². The zero-order chi connectivity index (χ0) is 66.8. The fourth-order valence-corrected chi connectivity index (χ4v) is 15.0. The van der Waals surface area contributed by atoms with Crippen molar-refractivity contribution >= 4 is 47.6 Å². The van der Waals surface area contributed by atoms with Crippen LogP contribution in [0.25, 0.3) is 0 Å². The minimum absolute atomic E-state index is 0.0684. The third-order valence-corrected chi connectivity index (χ3v) is 20.8. The fraction of sp³-hybridized carbons (Fsp3) is 0.573. The molecular weight excluding hydrogens is 1200 g/mol. The van der Waals surface area contributed by atoms with Crippen molar-refractivity contribution in [3.05, 3.63) is 130 Å². The van der Waals surface area contributed by atoms with Gasteiger partial charge < -0.3 is 50.0 Å². The summed E-state index contributed by atoms with van der Waals surface area (Å²) in [5.74, 6) is -0.336. The summed E-state index contributed by atoms with van der Waals surface area (Å²) >= 11 is 0. The molecule has 6 aliphatic rings. The Labute approximate surface area is 560 Å². The van der Waals surface area contributed by atoms with Crippen molar-refractivity contribution in [2.75, 3.05) is 40.4 Å². The lowest BCUT2D eigenvalue weighted by Crippen LogP contribution is -2.58. The SMILES string of the molecule is C[C@@H](C(=O)N[C@H](C(=O)N1CCC[C@H]1C(=O)N[C@@H]1CCCc2c(OCCCCCOc3cccc4c3CCC[C@H]4NC(=O)[C@@H]3CCCN3C(=O)[C@@H](NC(=O)[C@H](C)N(C)C(=O)OCc3ccccc3)C3CCCCC3)cccc21)C1CCCCC1)N(C)C(=O)OCc1ccccc1. The molecule has 0 radical (unpaired) electrons. The average Bonchev–Trinajstić information content (AvgIpc) is 1.87. The van der Waals surface area contributed by atoms with Gasteiger partial charge in [-0.15, -0.1) is 0 Å². The summed E-state index contributed by atoms with van der Waals surface area (Å²) in [6.07, 6.45) is 17.6. The van der Waals surface area contributed by atoms with E-state index in [0.29, 0.717) is 52.0 Å². The standard InChI is InChI=1S/C75H100N8O12/c1-50(80(3)74(90)94-48-52-26-10-5-11-27-52)68(84)78-66(54-30-14-7-15-31-54)72(88)82-44-24-40-62(82)70(86)76-60-38-20-36-58-56(60)34-22-42-64(58)92-46-18-9-19-47-93-65-43-23-35-57-59(65)37-21-39-61(57)77-71(87)63-41-25-45-83(63)73(89)67(55-32-16-8-17-33-55)79-69(85)51(2)81(4)75(91)95-49-53-28-12-6-13-29-53/h5-6,10-13,22-23,26-29,34-35,42-43,50-51,54-55,60-63,66-67H,7-9,14-21,24-25,30-33,36-41,44-49H2,1-4H3,(H,76,86)(H,77,87)(H,78,84)(H,79,85)/t50-,51-,60+,61+,62-,63-,66-,67-/m0/s1. The smallest absolute Gasteiger partial charge is 0.410 e. The topological polar surface area (TPSA) is 235 Å². The summed E-state index contributed by atoms with van der Waals surface area (Å²) in [7, 11) is 3.04.